The first kappa shape index (κ1) is 16.8. The third kappa shape index (κ3) is 3.57. The van der Waals surface area contributed by atoms with E-state index in [1.54, 1.807) is 37.3 Å². The molecule has 3 aromatic rings. The van der Waals surface area contributed by atoms with Crippen LogP contribution < -0.4 is 0 Å². The third-order valence-electron chi connectivity index (χ3n) is 3.66. The molecule has 0 amide bonds. The lowest BCUT2D eigenvalue weighted by atomic mass is 10.1. The summed E-state index contributed by atoms with van der Waals surface area (Å²) in [7, 11) is 0. The van der Waals surface area contributed by atoms with Crippen molar-refractivity contribution in [2.45, 2.75) is 19.1 Å². The fraction of sp³-hybridized carbons (Fsp3) is 0.176. The molecule has 0 spiro atoms. The van der Waals surface area contributed by atoms with Gasteiger partial charge < -0.3 is 0 Å². The number of halogens is 3. The van der Waals surface area contributed by atoms with Crippen LogP contribution in [0.4, 0.5) is 13.2 Å². The highest BCUT2D eigenvalue weighted by molar-refractivity contribution is 5.98. The number of benzene rings is 2. The highest BCUT2D eigenvalue weighted by Gasteiger charge is 2.31. The lowest BCUT2D eigenvalue weighted by Gasteiger charge is -2.08. The molecule has 25 heavy (non-hydrogen) atoms. The largest absolute Gasteiger partial charge is 0.416 e. The number of rotatable bonds is 4. The molecule has 0 bridgehead atoms. The molecular weight excluding hydrogens is 333 g/mol. The molecule has 0 aliphatic heterocycles. The van der Waals surface area contributed by atoms with E-state index in [0.29, 0.717) is 5.56 Å². The van der Waals surface area contributed by atoms with Crippen molar-refractivity contribution >= 4 is 5.78 Å². The maximum absolute atomic E-state index is 12.8. The van der Waals surface area contributed by atoms with E-state index in [1.807, 2.05) is 0 Å². The van der Waals surface area contributed by atoms with Crippen LogP contribution in [-0.4, -0.2) is 26.0 Å². The number of aromatic nitrogens is 4. The number of carbonyl (C=O) groups excluding carboxylic acids is 1. The van der Waals surface area contributed by atoms with Crippen LogP contribution in [0.2, 0.25) is 0 Å². The Bertz CT molecular complexity index is 890. The smallest absolute Gasteiger partial charge is 0.292 e. The molecule has 0 unspecified atom stereocenters. The molecule has 1 heterocycles. The number of nitrogens with zero attached hydrogens (tertiary/aromatic N) is 4. The highest BCUT2D eigenvalue weighted by Crippen LogP contribution is 2.31. The van der Waals surface area contributed by atoms with Gasteiger partial charge in [-0.3, -0.25) is 4.79 Å². The van der Waals surface area contributed by atoms with Crippen LogP contribution in [0, 0.1) is 0 Å². The van der Waals surface area contributed by atoms with Crippen LogP contribution in [0.3, 0.4) is 0 Å². The van der Waals surface area contributed by atoms with Crippen molar-refractivity contribution in [2.24, 2.45) is 0 Å². The molecule has 3 rings (SSSR count). The van der Waals surface area contributed by atoms with Crippen molar-refractivity contribution in [1.82, 2.24) is 20.2 Å². The van der Waals surface area contributed by atoms with Gasteiger partial charge in [0.2, 0.25) is 5.82 Å². The molecule has 0 radical (unpaired) electrons. The fourth-order valence-corrected chi connectivity index (χ4v) is 2.29. The van der Waals surface area contributed by atoms with Gasteiger partial charge in [0.1, 0.15) is 6.04 Å². The number of ketones is 1. The number of carbonyl (C=O) groups is 1. The molecule has 0 saturated carbocycles. The third-order valence-corrected chi connectivity index (χ3v) is 3.66. The van der Waals surface area contributed by atoms with Gasteiger partial charge in [0.05, 0.1) is 5.56 Å². The van der Waals surface area contributed by atoms with E-state index in [0.717, 1.165) is 16.9 Å². The van der Waals surface area contributed by atoms with Crippen molar-refractivity contribution in [3.05, 3.63) is 65.7 Å². The summed E-state index contributed by atoms with van der Waals surface area (Å²) in [5, 5.41) is 11.6. The van der Waals surface area contributed by atoms with Crippen LogP contribution >= 0.6 is 0 Å². The van der Waals surface area contributed by atoms with Crippen LogP contribution in [-0.2, 0) is 6.18 Å². The zero-order valence-corrected chi connectivity index (χ0v) is 13.1. The summed E-state index contributed by atoms with van der Waals surface area (Å²) in [5.74, 6) is -0.188. The van der Waals surface area contributed by atoms with E-state index in [2.05, 4.69) is 15.4 Å². The number of alkyl halides is 3. The standard InChI is InChI=1S/C17H13F3N4O/c1-11(15(25)12-6-3-2-4-7-12)24-22-16(21-23-24)13-8-5-9-14(10-13)17(18,19)20/h2-11H,1H3/t11-/m1/s1. The summed E-state index contributed by atoms with van der Waals surface area (Å²) < 4.78 is 38.4. The van der Waals surface area contributed by atoms with Gasteiger partial charge in [0.15, 0.2) is 5.78 Å². The SMILES string of the molecule is C[C@H](C(=O)c1ccccc1)n1nnc(-c2cccc(C(F)(F)F)c2)n1. The average Bonchev–Trinajstić information content (AvgIpc) is 3.11. The first-order chi connectivity index (χ1) is 11.9. The van der Waals surface area contributed by atoms with Crippen LogP contribution in [0.5, 0.6) is 0 Å². The van der Waals surface area contributed by atoms with Gasteiger partial charge in [0.25, 0.3) is 0 Å². The molecule has 0 saturated heterocycles. The molecule has 128 valence electrons. The van der Waals surface area contributed by atoms with Crippen molar-refractivity contribution < 1.29 is 18.0 Å². The second-order valence-electron chi connectivity index (χ2n) is 5.42. The summed E-state index contributed by atoms with van der Waals surface area (Å²) in [6, 6.07) is 12.5. The zero-order valence-electron chi connectivity index (χ0n) is 13.1. The van der Waals surface area contributed by atoms with E-state index in [1.165, 1.54) is 12.1 Å². The van der Waals surface area contributed by atoms with Gasteiger partial charge >= 0.3 is 6.18 Å². The van der Waals surface area contributed by atoms with E-state index in [9.17, 15) is 18.0 Å². The van der Waals surface area contributed by atoms with E-state index < -0.39 is 17.8 Å². The summed E-state index contributed by atoms with van der Waals surface area (Å²) in [6.07, 6.45) is -4.46. The molecule has 0 aliphatic carbocycles. The minimum atomic E-state index is -4.46. The Morgan fingerprint density at radius 2 is 1.80 bits per heavy atom. The molecule has 1 aromatic heterocycles. The zero-order chi connectivity index (χ0) is 18.0. The molecule has 0 N–H and O–H groups in total. The maximum Gasteiger partial charge on any atom is 0.416 e. The first-order valence-electron chi connectivity index (χ1n) is 7.42. The van der Waals surface area contributed by atoms with Crippen LogP contribution in [0.15, 0.2) is 54.6 Å². The topological polar surface area (TPSA) is 60.7 Å². The minimum Gasteiger partial charge on any atom is -0.292 e. The van der Waals surface area contributed by atoms with Gasteiger partial charge in [-0.1, -0.05) is 42.5 Å². The van der Waals surface area contributed by atoms with Crippen molar-refractivity contribution in [3.63, 3.8) is 0 Å². The van der Waals surface area contributed by atoms with E-state index in [-0.39, 0.29) is 17.2 Å². The summed E-state index contributed by atoms with van der Waals surface area (Å²) in [4.78, 5) is 13.5. The Morgan fingerprint density at radius 1 is 1.08 bits per heavy atom. The van der Waals surface area contributed by atoms with Crippen molar-refractivity contribution in [3.8, 4) is 11.4 Å². The van der Waals surface area contributed by atoms with Crippen molar-refractivity contribution in [1.29, 1.82) is 0 Å². The Kier molecular flexibility index (Phi) is 4.35. The highest BCUT2D eigenvalue weighted by atomic mass is 19.4. The van der Waals surface area contributed by atoms with Gasteiger partial charge in [0, 0.05) is 11.1 Å². The van der Waals surface area contributed by atoms with Gasteiger partial charge in [-0.15, -0.1) is 10.2 Å². The number of hydrogen-bond acceptors (Lipinski definition) is 4. The monoisotopic (exact) mass is 346 g/mol. The Balaban J connectivity index is 1.87. The van der Waals surface area contributed by atoms with Crippen molar-refractivity contribution in [2.75, 3.05) is 0 Å². The van der Waals surface area contributed by atoms with E-state index >= 15 is 0 Å². The molecule has 2 aromatic carbocycles. The number of tetrazole rings is 1. The van der Waals surface area contributed by atoms with E-state index in [4.69, 9.17) is 0 Å². The molecule has 0 fully saturated rings. The lowest BCUT2D eigenvalue weighted by molar-refractivity contribution is -0.137. The molecule has 8 heteroatoms. The predicted octanol–water partition coefficient (Wildman–Crippen LogP) is 3.80. The second kappa shape index (κ2) is 6.46. The quantitative estimate of drug-likeness (QED) is 0.674. The van der Waals surface area contributed by atoms with Crippen LogP contribution in [0.1, 0.15) is 28.9 Å². The predicted molar refractivity (Wildman–Crippen MR) is 83.7 cm³/mol. The Morgan fingerprint density at radius 3 is 2.48 bits per heavy atom. The van der Waals surface area contributed by atoms with Gasteiger partial charge in [-0.2, -0.15) is 18.0 Å². The fourth-order valence-electron chi connectivity index (χ4n) is 2.29. The molecule has 1 atom stereocenters. The normalized spacial score (nSPS) is 12.8. The summed E-state index contributed by atoms with van der Waals surface area (Å²) in [6.45, 7) is 1.60. The van der Waals surface area contributed by atoms with Gasteiger partial charge in [-0.05, 0) is 24.3 Å². The number of Topliss-reactive ketones (excluding diaryl/α,β-unsaturated/α-hetero) is 1. The minimum absolute atomic E-state index is 0.0267. The maximum atomic E-state index is 12.8. The second-order valence-corrected chi connectivity index (χ2v) is 5.42. The molecule has 5 nitrogen and oxygen atoms in total. The molecule has 0 aliphatic rings. The summed E-state index contributed by atoms with van der Waals surface area (Å²) in [5.41, 5.74) is -0.122. The van der Waals surface area contributed by atoms with Gasteiger partial charge in [-0.25, -0.2) is 0 Å². The van der Waals surface area contributed by atoms with Crippen LogP contribution in [0.25, 0.3) is 11.4 Å². The molecular formula is C17H13F3N4O. The number of hydrogen-bond donors (Lipinski definition) is 0. The lowest BCUT2D eigenvalue weighted by Crippen LogP contribution is -2.19. The Labute approximate surface area is 141 Å². The first-order valence-corrected chi connectivity index (χ1v) is 7.42. The Hall–Kier alpha value is -3.03. The average molecular weight is 346 g/mol. The summed E-state index contributed by atoms with van der Waals surface area (Å²) >= 11 is 0.